The molecule has 0 aliphatic carbocycles. The van der Waals surface area contributed by atoms with Crippen LogP contribution >= 0.6 is 11.6 Å². The molecule has 1 unspecified atom stereocenters. The first-order chi connectivity index (χ1) is 10.7. The number of carboxylic acid groups (broad SMARTS) is 2. The summed E-state index contributed by atoms with van der Waals surface area (Å²) in [5.74, 6) is -2.96. The lowest BCUT2D eigenvalue weighted by atomic mass is 9.96. The Morgan fingerprint density at radius 3 is 2.30 bits per heavy atom. The van der Waals surface area contributed by atoms with E-state index >= 15 is 0 Å². The number of rotatable bonds is 3. The van der Waals surface area contributed by atoms with Crippen molar-refractivity contribution in [3.8, 4) is 0 Å². The predicted octanol–water partition coefficient (Wildman–Crippen LogP) is 0.467. The molecule has 3 atom stereocenters. The van der Waals surface area contributed by atoms with Gasteiger partial charge in [-0.05, 0) is 42.1 Å². The summed E-state index contributed by atoms with van der Waals surface area (Å²) in [6, 6.07) is 6.24. The first-order valence-electron chi connectivity index (χ1n) is 7.04. The van der Waals surface area contributed by atoms with Crippen molar-refractivity contribution >= 4 is 23.5 Å². The fourth-order valence-electron chi connectivity index (χ4n) is 2.17. The molecule has 1 heterocycles. The summed E-state index contributed by atoms with van der Waals surface area (Å²) in [7, 11) is 0. The van der Waals surface area contributed by atoms with Gasteiger partial charge in [-0.2, -0.15) is 0 Å². The minimum Gasteiger partial charge on any atom is -0.479 e. The second-order valence-electron chi connectivity index (χ2n) is 5.26. The number of hydrogen-bond donors (Lipinski definition) is 5. The van der Waals surface area contributed by atoms with E-state index in [0.29, 0.717) is 5.92 Å². The van der Waals surface area contributed by atoms with Crippen LogP contribution in [0, 0.1) is 0 Å². The van der Waals surface area contributed by atoms with Gasteiger partial charge in [-0.3, -0.25) is 0 Å². The van der Waals surface area contributed by atoms with Crippen molar-refractivity contribution in [3.05, 3.63) is 34.3 Å². The molecular weight excluding hydrogens is 326 g/mol. The second-order valence-corrected chi connectivity index (χ2v) is 5.70. The summed E-state index contributed by atoms with van der Waals surface area (Å²) < 4.78 is 0. The summed E-state index contributed by atoms with van der Waals surface area (Å²) in [6.07, 6.45) is -3.41. The zero-order chi connectivity index (χ0) is 17.6. The Labute approximate surface area is 138 Å². The molecule has 0 saturated heterocycles. The van der Waals surface area contributed by atoms with Crippen molar-refractivity contribution in [2.45, 2.75) is 31.5 Å². The molecule has 8 heteroatoms. The van der Waals surface area contributed by atoms with E-state index in [9.17, 15) is 9.59 Å². The molecule has 0 spiro atoms. The van der Waals surface area contributed by atoms with E-state index in [1.54, 1.807) is 0 Å². The standard InChI is InChI=1S/C11H14ClN.C4H6O6/c1-8-7-13-5-4-9-2-3-10(12)6-11(8)9;5-1(3(7)8)2(6)4(9)10/h2-3,6,8,13H,4-5,7H2,1H3;1-2,5-6H,(H,7,8)(H,9,10)/t;1-,2-/m.1/s1. The van der Waals surface area contributed by atoms with Crippen LogP contribution < -0.4 is 5.32 Å². The van der Waals surface area contributed by atoms with Gasteiger partial charge >= 0.3 is 11.9 Å². The molecule has 1 aliphatic heterocycles. The molecule has 0 saturated carbocycles. The third-order valence-electron chi connectivity index (χ3n) is 3.47. The maximum Gasteiger partial charge on any atom is 0.335 e. The van der Waals surface area contributed by atoms with Crippen molar-refractivity contribution < 1.29 is 30.0 Å². The Morgan fingerprint density at radius 1 is 1.22 bits per heavy atom. The first-order valence-corrected chi connectivity index (χ1v) is 7.42. The Balaban J connectivity index is 0.000000241. The highest BCUT2D eigenvalue weighted by molar-refractivity contribution is 6.30. The monoisotopic (exact) mass is 345 g/mol. The molecule has 0 aromatic heterocycles. The Morgan fingerprint density at radius 2 is 1.78 bits per heavy atom. The van der Waals surface area contributed by atoms with Crippen LogP contribution in [-0.2, 0) is 16.0 Å². The highest BCUT2D eigenvalue weighted by Crippen LogP contribution is 2.25. The number of benzene rings is 1. The molecule has 0 amide bonds. The normalized spacial score (nSPS) is 19.4. The van der Waals surface area contributed by atoms with Gasteiger partial charge in [-0.1, -0.05) is 24.6 Å². The minimum atomic E-state index is -2.27. The zero-order valence-corrected chi connectivity index (χ0v) is 13.3. The maximum absolute atomic E-state index is 9.77. The van der Waals surface area contributed by atoms with Gasteiger partial charge in [0.15, 0.2) is 12.2 Å². The smallest absolute Gasteiger partial charge is 0.335 e. The number of aliphatic hydroxyl groups excluding tert-OH is 2. The van der Waals surface area contributed by atoms with Gasteiger partial charge in [-0.15, -0.1) is 0 Å². The number of fused-ring (bicyclic) bond motifs is 1. The lowest BCUT2D eigenvalue weighted by Crippen LogP contribution is -2.39. The summed E-state index contributed by atoms with van der Waals surface area (Å²) >= 11 is 5.97. The molecule has 128 valence electrons. The summed E-state index contributed by atoms with van der Waals surface area (Å²) in [5, 5.41) is 36.8. The summed E-state index contributed by atoms with van der Waals surface area (Å²) in [5.41, 5.74) is 2.86. The number of nitrogens with one attached hydrogen (secondary N) is 1. The fourth-order valence-corrected chi connectivity index (χ4v) is 2.35. The van der Waals surface area contributed by atoms with E-state index in [-0.39, 0.29) is 0 Å². The van der Waals surface area contributed by atoms with Gasteiger partial charge in [0.25, 0.3) is 0 Å². The molecule has 0 radical (unpaired) electrons. The van der Waals surface area contributed by atoms with Crippen LogP contribution in [0.1, 0.15) is 24.0 Å². The van der Waals surface area contributed by atoms with Crippen LogP contribution in [0.3, 0.4) is 0 Å². The van der Waals surface area contributed by atoms with Crippen LogP contribution in [0.5, 0.6) is 0 Å². The van der Waals surface area contributed by atoms with Gasteiger partial charge < -0.3 is 25.7 Å². The lowest BCUT2D eigenvalue weighted by Gasteiger charge is -2.11. The van der Waals surface area contributed by atoms with Crippen molar-refractivity contribution in [3.63, 3.8) is 0 Å². The van der Waals surface area contributed by atoms with Crippen LogP contribution in [0.15, 0.2) is 18.2 Å². The van der Waals surface area contributed by atoms with Gasteiger partial charge in [0.05, 0.1) is 0 Å². The average molecular weight is 346 g/mol. The van der Waals surface area contributed by atoms with Crippen molar-refractivity contribution in [1.29, 1.82) is 0 Å². The second kappa shape index (κ2) is 8.83. The van der Waals surface area contributed by atoms with Crippen molar-refractivity contribution in [1.82, 2.24) is 5.32 Å². The van der Waals surface area contributed by atoms with Crippen molar-refractivity contribution in [2.75, 3.05) is 13.1 Å². The molecule has 1 aliphatic rings. The SMILES string of the molecule is CC1CNCCc2ccc(Cl)cc21.O=C(O)[C@H](O)[C@@H](O)C(=O)O. The number of carbonyl (C=O) groups is 2. The van der Waals surface area contributed by atoms with Gasteiger partial charge in [0, 0.05) is 11.6 Å². The first kappa shape index (κ1) is 19.4. The third kappa shape index (κ3) is 5.80. The number of aliphatic hydroxyl groups is 2. The molecule has 7 nitrogen and oxygen atoms in total. The van der Waals surface area contributed by atoms with E-state index in [4.69, 9.17) is 32.0 Å². The van der Waals surface area contributed by atoms with E-state index in [1.807, 2.05) is 6.07 Å². The van der Waals surface area contributed by atoms with E-state index < -0.39 is 24.1 Å². The average Bonchev–Trinajstić information content (AvgIpc) is 2.68. The Hall–Kier alpha value is -1.67. The van der Waals surface area contributed by atoms with Gasteiger partial charge in [-0.25, -0.2) is 9.59 Å². The van der Waals surface area contributed by atoms with E-state index in [0.717, 1.165) is 24.5 Å². The van der Waals surface area contributed by atoms with Crippen LogP contribution in [0.2, 0.25) is 5.02 Å². The maximum atomic E-state index is 9.77. The van der Waals surface area contributed by atoms with Crippen molar-refractivity contribution in [2.24, 2.45) is 0 Å². The van der Waals surface area contributed by atoms with Crippen LogP contribution in [-0.4, -0.2) is 57.7 Å². The molecule has 5 N–H and O–H groups in total. The molecule has 0 fully saturated rings. The summed E-state index contributed by atoms with van der Waals surface area (Å²) in [6.45, 7) is 4.39. The van der Waals surface area contributed by atoms with E-state index in [2.05, 4.69) is 24.4 Å². The predicted molar refractivity (Wildman–Crippen MR) is 83.7 cm³/mol. The number of carboxylic acids is 2. The molecule has 2 rings (SSSR count). The number of aliphatic carboxylic acids is 2. The quantitative estimate of drug-likeness (QED) is 0.538. The Kier molecular flexibility index (Phi) is 7.44. The Bertz CT molecular complexity index is 547. The minimum absolute atomic E-state index is 0.580. The number of hydrogen-bond acceptors (Lipinski definition) is 5. The third-order valence-corrected chi connectivity index (χ3v) is 3.70. The fraction of sp³-hybridized carbons (Fsp3) is 0.467. The summed E-state index contributed by atoms with van der Waals surface area (Å²) in [4.78, 5) is 19.5. The zero-order valence-electron chi connectivity index (χ0n) is 12.6. The highest BCUT2D eigenvalue weighted by Gasteiger charge is 2.29. The molecule has 1 aromatic carbocycles. The number of halogens is 1. The van der Waals surface area contributed by atoms with E-state index in [1.165, 1.54) is 11.1 Å². The molecule has 1 aromatic rings. The topological polar surface area (TPSA) is 127 Å². The van der Waals surface area contributed by atoms with Gasteiger partial charge in [0.1, 0.15) is 0 Å². The van der Waals surface area contributed by atoms with Gasteiger partial charge in [0.2, 0.25) is 0 Å². The highest BCUT2D eigenvalue weighted by atomic mass is 35.5. The largest absolute Gasteiger partial charge is 0.479 e. The molecule has 23 heavy (non-hydrogen) atoms. The van der Waals surface area contributed by atoms with Crippen LogP contribution in [0.25, 0.3) is 0 Å². The molecule has 0 bridgehead atoms. The molecular formula is C15H20ClNO6. The van der Waals surface area contributed by atoms with Crippen LogP contribution in [0.4, 0.5) is 0 Å². The lowest BCUT2D eigenvalue weighted by molar-refractivity contribution is -0.165.